The molecule has 1 aliphatic heterocycles. The second-order valence-electron chi connectivity index (χ2n) is 6.98. The molecule has 25 heavy (non-hydrogen) atoms. The highest BCUT2D eigenvalue weighted by Crippen LogP contribution is 2.26. The number of sulfonamides is 1. The van der Waals surface area contributed by atoms with E-state index in [4.69, 9.17) is 0 Å². The Morgan fingerprint density at radius 3 is 2.24 bits per heavy atom. The van der Waals surface area contributed by atoms with E-state index < -0.39 is 14.9 Å². The summed E-state index contributed by atoms with van der Waals surface area (Å²) in [5, 5.41) is 11.2. The van der Waals surface area contributed by atoms with E-state index in [0.717, 1.165) is 13.1 Å². The minimum Gasteiger partial charge on any atom is -0.330 e. The van der Waals surface area contributed by atoms with Gasteiger partial charge in [-0.2, -0.15) is 4.31 Å². The molecule has 3 rings (SSSR count). The summed E-state index contributed by atoms with van der Waals surface area (Å²) in [6.45, 7) is 2.43. The molecule has 7 nitrogen and oxygen atoms in total. The highest BCUT2D eigenvalue weighted by molar-refractivity contribution is 7.89. The molecular formula is C17H26N3O4S+. The van der Waals surface area contributed by atoms with Crippen molar-refractivity contribution < 1.29 is 18.2 Å². The summed E-state index contributed by atoms with van der Waals surface area (Å²) in [6, 6.07) is 6.24. The molecule has 1 aromatic carbocycles. The predicted octanol–water partition coefficient (Wildman–Crippen LogP) is 1.21. The number of quaternary nitrogens is 1. The van der Waals surface area contributed by atoms with E-state index in [1.165, 1.54) is 72.0 Å². The zero-order valence-corrected chi connectivity index (χ0v) is 15.2. The molecule has 0 aromatic heterocycles. The van der Waals surface area contributed by atoms with E-state index in [-0.39, 0.29) is 10.6 Å². The standard InChI is InChI=1S/C17H25N3O4S/c21-20(22)16-9-5-6-10-17(16)25(23,24)19-13-11-18(12-14-19)15-7-3-1-2-4-8-15/h5-6,9-10,15H,1-4,7-8,11-14H2/p+1. The fourth-order valence-electron chi connectivity index (χ4n) is 4.07. The van der Waals surface area contributed by atoms with Crippen molar-refractivity contribution in [3.05, 3.63) is 34.4 Å². The molecule has 1 N–H and O–H groups in total. The molecule has 0 bridgehead atoms. The van der Waals surface area contributed by atoms with Crippen LogP contribution in [0.2, 0.25) is 0 Å². The van der Waals surface area contributed by atoms with Crippen molar-refractivity contribution in [1.29, 1.82) is 0 Å². The van der Waals surface area contributed by atoms with E-state index in [2.05, 4.69) is 0 Å². The monoisotopic (exact) mass is 368 g/mol. The number of para-hydroxylation sites is 1. The third-order valence-corrected chi connectivity index (χ3v) is 7.42. The van der Waals surface area contributed by atoms with E-state index in [1.807, 2.05) is 0 Å². The van der Waals surface area contributed by atoms with Gasteiger partial charge in [0.1, 0.15) is 0 Å². The SMILES string of the molecule is O=[N+]([O-])c1ccccc1S(=O)(=O)N1CC[NH+](C2CCCCCC2)CC1. The molecular weight excluding hydrogens is 342 g/mol. The lowest BCUT2D eigenvalue weighted by Gasteiger charge is -2.35. The lowest BCUT2D eigenvalue weighted by molar-refractivity contribution is -0.929. The minimum atomic E-state index is -3.82. The van der Waals surface area contributed by atoms with Gasteiger partial charge in [0.05, 0.1) is 37.1 Å². The zero-order valence-electron chi connectivity index (χ0n) is 14.4. The summed E-state index contributed by atoms with van der Waals surface area (Å²) in [5.74, 6) is 0. The Morgan fingerprint density at radius 2 is 1.64 bits per heavy atom. The molecule has 0 atom stereocenters. The Hall–Kier alpha value is -1.51. The van der Waals surface area contributed by atoms with Gasteiger partial charge in [-0.25, -0.2) is 8.42 Å². The summed E-state index contributed by atoms with van der Waals surface area (Å²) in [6.07, 6.45) is 7.61. The van der Waals surface area contributed by atoms with Crippen LogP contribution >= 0.6 is 0 Å². The first kappa shape index (κ1) is 18.3. The summed E-state index contributed by atoms with van der Waals surface area (Å²) < 4.78 is 27.1. The Bertz CT molecular complexity index is 706. The Kier molecular flexibility index (Phi) is 5.71. The van der Waals surface area contributed by atoms with Gasteiger partial charge in [0.25, 0.3) is 5.69 Å². The van der Waals surface area contributed by atoms with Gasteiger partial charge in [-0.1, -0.05) is 25.0 Å². The van der Waals surface area contributed by atoms with Gasteiger partial charge in [0.2, 0.25) is 10.0 Å². The molecule has 1 saturated heterocycles. The molecule has 0 amide bonds. The second-order valence-corrected chi connectivity index (χ2v) is 8.88. The molecule has 0 radical (unpaired) electrons. The van der Waals surface area contributed by atoms with Gasteiger partial charge in [0.15, 0.2) is 4.90 Å². The van der Waals surface area contributed by atoms with Crippen LogP contribution < -0.4 is 4.90 Å². The van der Waals surface area contributed by atoms with Gasteiger partial charge >= 0.3 is 0 Å². The van der Waals surface area contributed by atoms with Crippen LogP contribution in [0, 0.1) is 10.1 Å². The lowest BCUT2D eigenvalue weighted by Crippen LogP contribution is -3.18. The van der Waals surface area contributed by atoms with Crippen molar-refractivity contribution in [2.75, 3.05) is 26.2 Å². The highest BCUT2D eigenvalue weighted by Gasteiger charge is 2.36. The van der Waals surface area contributed by atoms with Crippen molar-refractivity contribution in [3.8, 4) is 0 Å². The summed E-state index contributed by atoms with van der Waals surface area (Å²) >= 11 is 0. The van der Waals surface area contributed by atoms with Crippen LogP contribution in [0.1, 0.15) is 38.5 Å². The zero-order chi connectivity index (χ0) is 17.9. The number of nitrogens with one attached hydrogen (secondary N) is 1. The number of hydrogen-bond acceptors (Lipinski definition) is 4. The number of benzene rings is 1. The fraction of sp³-hybridized carbons (Fsp3) is 0.647. The normalized spacial score (nSPS) is 21.8. The molecule has 8 heteroatoms. The van der Waals surface area contributed by atoms with Crippen LogP contribution in [-0.2, 0) is 10.0 Å². The van der Waals surface area contributed by atoms with Crippen LogP contribution in [0.3, 0.4) is 0 Å². The van der Waals surface area contributed by atoms with Crippen molar-refractivity contribution in [2.24, 2.45) is 0 Å². The van der Waals surface area contributed by atoms with Crippen molar-refractivity contribution >= 4 is 15.7 Å². The Morgan fingerprint density at radius 1 is 1.04 bits per heavy atom. The molecule has 138 valence electrons. The molecule has 2 aliphatic rings. The van der Waals surface area contributed by atoms with Crippen LogP contribution in [-0.4, -0.2) is 49.9 Å². The maximum absolute atomic E-state index is 12.9. The van der Waals surface area contributed by atoms with Gasteiger partial charge in [0, 0.05) is 6.07 Å². The molecule has 1 aliphatic carbocycles. The molecule has 2 fully saturated rings. The Labute approximate surface area is 148 Å². The molecule has 1 heterocycles. The third-order valence-electron chi connectivity index (χ3n) is 5.48. The maximum Gasteiger partial charge on any atom is 0.289 e. The van der Waals surface area contributed by atoms with E-state index in [1.54, 1.807) is 0 Å². The van der Waals surface area contributed by atoms with E-state index in [9.17, 15) is 18.5 Å². The smallest absolute Gasteiger partial charge is 0.289 e. The molecule has 1 saturated carbocycles. The van der Waals surface area contributed by atoms with Crippen molar-refractivity contribution in [3.63, 3.8) is 0 Å². The number of nitro groups is 1. The predicted molar refractivity (Wildman–Crippen MR) is 94.0 cm³/mol. The van der Waals surface area contributed by atoms with E-state index in [0.29, 0.717) is 19.1 Å². The quantitative estimate of drug-likeness (QED) is 0.492. The number of piperazine rings is 1. The van der Waals surface area contributed by atoms with Crippen LogP contribution in [0.4, 0.5) is 5.69 Å². The maximum atomic E-state index is 12.9. The lowest BCUT2D eigenvalue weighted by atomic mass is 10.1. The third kappa shape index (κ3) is 4.02. The summed E-state index contributed by atoms with van der Waals surface area (Å²) in [4.78, 5) is 11.8. The van der Waals surface area contributed by atoms with Crippen LogP contribution in [0.25, 0.3) is 0 Å². The molecule has 0 unspecified atom stereocenters. The number of nitrogens with zero attached hydrogens (tertiary/aromatic N) is 2. The highest BCUT2D eigenvalue weighted by atomic mass is 32.2. The Balaban J connectivity index is 1.70. The van der Waals surface area contributed by atoms with Gasteiger partial charge in [-0.3, -0.25) is 10.1 Å². The van der Waals surface area contributed by atoms with Crippen molar-refractivity contribution in [2.45, 2.75) is 49.5 Å². The second kappa shape index (κ2) is 7.80. The number of nitro benzene ring substituents is 1. The van der Waals surface area contributed by atoms with Crippen molar-refractivity contribution in [1.82, 2.24) is 4.31 Å². The number of rotatable bonds is 4. The van der Waals surface area contributed by atoms with Gasteiger partial charge in [-0.15, -0.1) is 0 Å². The minimum absolute atomic E-state index is 0.196. The van der Waals surface area contributed by atoms with E-state index >= 15 is 0 Å². The largest absolute Gasteiger partial charge is 0.330 e. The first-order valence-corrected chi connectivity index (χ1v) is 10.5. The van der Waals surface area contributed by atoms with Crippen LogP contribution in [0.5, 0.6) is 0 Å². The molecule has 1 aromatic rings. The first-order chi connectivity index (χ1) is 12.0. The summed E-state index contributed by atoms with van der Waals surface area (Å²) in [5.41, 5.74) is -0.346. The average Bonchev–Trinajstić information content (AvgIpc) is 2.91. The average molecular weight is 368 g/mol. The fourth-order valence-corrected chi connectivity index (χ4v) is 5.67. The van der Waals surface area contributed by atoms with Crippen LogP contribution in [0.15, 0.2) is 29.2 Å². The van der Waals surface area contributed by atoms with Gasteiger partial charge in [-0.05, 0) is 31.7 Å². The van der Waals surface area contributed by atoms with Gasteiger partial charge < -0.3 is 4.90 Å². The number of hydrogen-bond donors (Lipinski definition) is 1. The molecule has 0 spiro atoms. The summed E-state index contributed by atoms with van der Waals surface area (Å²) in [7, 11) is -3.82. The first-order valence-electron chi connectivity index (χ1n) is 9.08. The topological polar surface area (TPSA) is 85.0 Å².